The van der Waals surface area contributed by atoms with E-state index < -0.39 is 0 Å². The minimum absolute atomic E-state index is 0. The largest absolute Gasteiger partial charge is 0.412 e. The molecule has 0 aliphatic rings. The van der Waals surface area contributed by atoms with E-state index in [1.807, 2.05) is 0 Å². The maximum atomic E-state index is 9.44. The van der Waals surface area contributed by atoms with Crippen molar-refractivity contribution in [2.45, 2.75) is 50.0 Å². The van der Waals surface area contributed by atoms with Crippen molar-refractivity contribution in [2.75, 3.05) is 0 Å². The van der Waals surface area contributed by atoms with Crippen LogP contribution < -0.4 is 0 Å². The molecule has 0 heterocycles. The zero-order chi connectivity index (χ0) is 13.4. The standard InChI is InChI=1S/C3H6O.2C2H3ClO.CO2.3CH4.2ClH.H2O/c1-3(2)4;2*1-2(3)4;2-1-3;;;;;;/h1-2H3;2*1H3;;3*1H4;2*1H;1H2. The fraction of sp³-hybridized carbons (Fsp3) is 0.636. The molecule has 0 aliphatic heterocycles. The lowest BCUT2D eigenvalue weighted by Gasteiger charge is -1.56. The summed E-state index contributed by atoms with van der Waals surface area (Å²) in [5, 5.41) is -0.722. The molecule has 0 aromatic carbocycles. The summed E-state index contributed by atoms with van der Waals surface area (Å²) in [5.74, 6) is 0.167. The molecule has 0 amide bonds. The molecule has 0 fully saturated rings. The molecular weight excluding hydrogens is 370 g/mol. The van der Waals surface area contributed by atoms with E-state index in [2.05, 4.69) is 23.2 Å². The van der Waals surface area contributed by atoms with Gasteiger partial charge < -0.3 is 10.3 Å². The average Bonchev–Trinajstić information content (AvgIpc) is 1.81. The lowest BCUT2D eigenvalue weighted by atomic mass is 10.6. The van der Waals surface area contributed by atoms with Gasteiger partial charge in [0.25, 0.3) is 0 Å². The van der Waals surface area contributed by atoms with Gasteiger partial charge >= 0.3 is 6.15 Å². The van der Waals surface area contributed by atoms with Crippen LogP contribution >= 0.6 is 48.0 Å². The molecule has 0 saturated heterocycles. The van der Waals surface area contributed by atoms with Crippen LogP contribution in [-0.4, -0.2) is 27.9 Å². The van der Waals surface area contributed by atoms with Crippen molar-refractivity contribution in [1.82, 2.24) is 0 Å². The van der Waals surface area contributed by atoms with Crippen molar-refractivity contribution in [3.63, 3.8) is 0 Å². The fourth-order valence-electron chi connectivity index (χ4n) is 0. The second-order valence-electron chi connectivity index (χ2n) is 1.93. The van der Waals surface area contributed by atoms with E-state index in [0.29, 0.717) is 0 Å². The lowest BCUT2D eigenvalue weighted by molar-refractivity contribution is -0.191. The first kappa shape index (κ1) is 70.7. The Balaban J connectivity index is -0.00000000881. The van der Waals surface area contributed by atoms with Crippen LogP contribution in [0.25, 0.3) is 0 Å². The van der Waals surface area contributed by atoms with Gasteiger partial charge in [-0.1, -0.05) is 22.3 Å². The third-order valence-corrected chi connectivity index (χ3v) is 0. The van der Waals surface area contributed by atoms with Crippen LogP contribution in [-0.2, 0) is 24.0 Å². The Hall–Kier alpha value is -0.490. The molecular formula is C11H28Cl4O6. The lowest BCUT2D eigenvalue weighted by Crippen LogP contribution is -1.69. The highest BCUT2D eigenvalue weighted by Crippen LogP contribution is 1.68. The van der Waals surface area contributed by atoms with Gasteiger partial charge in [0.2, 0.25) is 10.5 Å². The minimum atomic E-state index is -0.361. The van der Waals surface area contributed by atoms with Gasteiger partial charge in [-0.2, -0.15) is 9.59 Å². The summed E-state index contributed by atoms with van der Waals surface area (Å²) in [5.41, 5.74) is 0. The molecule has 6 nitrogen and oxygen atoms in total. The van der Waals surface area contributed by atoms with Crippen LogP contribution in [0.4, 0.5) is 0 Å². The van der Waals surface area contributed by atoms with Crippen LogP contribution in [0.2, 0.25) is 0 Å². The monoisotopic (exact) mass is 396 g/mol. The van der Waals surface area contributed by atoms with Gasteiger partial charge in [-0.15, -0.1) is 24.8 Å². The van der Waals surface area contributed by atoms with Crippen molar-refractivity contribution in [2.24, 2.45) is 0 Å². The van der Waals surface area contributed by atoms with E-state index >= 15 is 0 Å². The van der Waals surface area contributed by atoms with Crippen molar-refractivity contribution in [3.8, 4) is 0 Å². The fourth-order valence-corrected chi connectivity index (χ4v) is 0. The first-order chi connectivity index (χ1) is 6.61. The molecule has 21 heavy (non-hydrogen) atoms. The predicted molar refractivity (Wildman–Crippen MR) is 92.7 cm³/mol. The molecule has 0 radical (unpaired) electrons. The Morgan fingerprint density at radius 3 is 0.714 bits per heavy atom. The van der Waals surface area contributed by atoms with Crippen molar-refractivity contribution >= 4 is 70.4 Å². The third-order valence-electron chi connectivity index (χ3n) is 0. The number of rotatable bonds is 0. The van der Waals surface area contributed by atoms with E-state index in [1.165, 1.54) is 27.7 Å². The summed E-state index contributed by atoms with van der Waals surface area (Å²) in [6.07, 6.45) is 0.250. The highest BCUT2D eigenvalue weighted by Gasteiger charge is 1.67. The molecule has 0 aromatic heterocycles. The van der Waals surface area contributed by atoms with E-state index in [-0.39, 0.29) is 75.0 Å². The summed E-state index contributed by atoms with van der Waals surface area (Å²) < 4.78 is 0. The molecule has 0 unspecified atom stereocenters. The van der Waals surface area contributed by atoms with E-state index in [4.69, 9.17) is 9.59 Å². The zero-order valence-corrected chi connectivity index (χ0v) is 13.3. The molecule has 0 saturated carbocycles. The van der Waals surface area contributed by atoms with Gasteiger partial charge in [0.15, 0.2) is 0 Å². The summed E-state index contributed by atoms with van der Waals surface area (Å²) in [4.78, 5) is 44.1. The zero-order valence-electron chi connectivity index (χ0n) is 10.1. The second kappa shape index (κ2) is 73.9. The molecule has 0 atom stereocenters. The predicted octanol–water partition coefficient (Wildman–Crippen LogP) is 3.48. The van der Waals surface area contributed by atoms with Crippen molar-refractivity contribution < 1.29 is 29.4 Å². The second-order valence-corrected chi connectivity index (χ2v) is 3.00. The molecule has 2 N–H and O–H groups in total. The van der Waals surface area contributed by atoms with Crippen molar-refractivity contribution in [1.29, 1.82) is 0 Å². The first-order valence-electron chi connectivity index (χ1n) is 3.40. The van der Waals surface area contributed by atoms with Gasteiger partial charge in [-0.25, -0.2) is 0 Å². The number of ketones is 1. The summed E-state index contributed by atoms with van der Waals surface area (Å²) in [6, 6.07) is 0. The van der Waals surface area contributed by atoms with Crippen LogP contribution in [0.1, 0.15) is 50.0 Å². The normalized spacial score (nSPS) is 4.10. The van der Waals surface area contributed by atoms with Crippen LogP contribution in [0.5, 0.6) is 0 Å². The summed E-state index contributed by atoms with van der Waals surface area (Å²) in [7, 11) is 0. The molecule has 10 heteroatoms. The smallest absolute Gasteiger partial charge is 0.373 e. The SMILES string of the molecule is C.C.C.CC(=O)Cl.CC(=O)Cl.CC(C)=O.Cl.Cl.O.O=C=O. The number of hydrogen-bond donors (Lipinski definition) is 0. The van der Waals surface area contributed by atoms with Gasteiger partial charge in [0, 0.05) is 13.8 Å². The number of Topliss-reactive ketones (excluding diaryl/α,β-unsaturated/α-hetero) is 1. The maximum Gasteiger partial charge on any atom is 0.373 e. The number of hydrogen-bond acceptors (Lipinski definition) is 5. The average molecular weight is 398 g/mol. The maximum absolute atomic E-state index is 9.44. The first-order valence-corrected chi connectivity index (χ1v) is 4.15. The molecule has 0 aliphatic carbocycles. The highest BCUT2D eigenvalue weighted by molar-refractivity contribution is 6.63. The Morgan fingerprint density at radius 1 is 0.714 bits per heavy atom. The van der Waals surface area contributed by atoms with Gasteiger partial charge in [0.1, 0.15) is 5.78 Å². The van der Waals surface area contributed by atoms with Crippen LogP contribution in [0.3, 0.4) is 0 Å². The van der Waals surface area contributed by atoms with E-state index in [1.54, 1.807) is 0 Å². The topological polar surface area (TPSA) is 117 Å². The van der Waals surface area contributed by atoms with Crippen LogP contribution in [0.15, 0.2) is 0 Å². The number of carbonyl (C=O) groups is 3. The van der Waals surface area contributed by atoms with Gasteiger partial charge in [-0.05, 0) is 37.0 Å². The molecule has 0 spiro atoms. The van der Waals surface area contributed by atoms with Gasteiger partial charge in [-0.3, -0.25) is 9.59 Å². The Morgan fingerprint density at radius 2 is 0.714 bits per heavy atom. The Kier molecular flexibility index (Phi) is 249. The summed E-state index contributed by atoms with van der Waals surface area (Å²) >= 11 is 9.27. The third kappa shape index (κ3) is 24900. The molecule has 136 valence electrons. The van der Waals surface area contributed by atoms with Crippen LogP contribution in [0, 0.1) is 0 Å². The number of carbonyl (C=O) groups excluding carboxylic acids is 5. The summed E-state index contributed by atoms with van der Waals surface area (Å²) in [6.45, 7) is 5.64. The molecule has 0 aromatic rings. The van der Waals surface area contributed by atoms with E-state index in [9.17, 15) is 14.4 Å². The Bertz CT molecular complexity index is 188. The van der Waals surface area contributed by atoms with Crippen molar-refractivity contribution in [3.05, 3.63) is 0 Å². The highest BCUT2D eigenvalue weighted by atomic mass is 35.5. The van der Waals surface area contributed by atoms with E-state index in [0.717, 1.165) is 0 Å². The van der Waals surface area contributed by atoms with Gasteiger partial charge in [0.05, 0.1) is 0 Å². The minimum Gasteiger partial charge on any atom is -0.412 e. The molecule has 0 bridgehead atoms. The Labute approximate surface area is 150 Å². The number of halogens is 4. The molecule has 0 rings (SSSR count). The quantitative estimate of drug-likeness (QED) is 0.579.